The monoisotopic (exact) mass is 551 g/mol. The summed E-state index contributed by atoms with van der Waals surface area (Å²) in [6.45, 7) is 0. The Kier molecular flexibility index (Phi) is 6.12. The van der Waals surface area contributed by atoms with E-state index in [0.29, 0.717) is 17.5 Å². The standard InChI is InChI=1S/C38H25N5/c1-3-10-25(11-4-1)36-41-37(26-12-5-2-6-13-26)43-38(42-36)31-17-8-15-28(23-31)27-14-7-16-29(22-27)32-19-21-40-35-33(32)24-30-18-9-20-39-34(30)35/h1-23H,24H2. The Morgan fingerprint density at radius 2 is 0.930 bits per heavy atom. The van der Waals surface area contributed by atoms with Crippen molar-refractivity contribution in [2.45, 2.75) is 6.42 Å². The van der Waals surface area contributed by atoms with E-state index in [1.807, 2.05) is 79.1 Å². The minimum atomic E-state index is 0.642. The minimum absolute atomic E-state index is 0.642. The number of rotatable bonds is 5. The lowest BCUT2D eigenvalue weighted by Crippen LogP contribution is -2.00. The van der Waals surface area contributed by atoms with E-state index in [-0.39, 0.29) is 0 Å². The summed E-state index contributed by atoms with van der Waals surface area (Å²) in [5, 5.41) is 0. The third-order valence-corrected chi connectivity index (χ3v) is 7.87. The van der Waals surface area contributed by atoms with Crippen LogP contribution in [0.5, 0.6) is 0 Å². The van der Waals surface area contributed by atoms with Crippen LogP contribution in [0.3, 0.4) is 0 Å². The molecule has 5 heteroatoms. The second kappa shape index (κ2) is 10.5. The maximum Gasteiger partial charge on any atom is 0.164 e. The zero-order valence-electron chi connectivity index (χ0n) is 23.2. The molecule has 0 aliphatic heterocycles. The second-order valence-electron chi connectivity index (χ2n) is 10.6. The van der Waals surface area contributed by atoms with Gasteiger partial charge in [-0.1, -0.05) is 103 Å². The summed E-state index contributed by atoms with van der Waals surface area (Å²) >= 11 is 0. The number of hydrogen-bond donors (Lipinski definition) is 0. The highest BCUT2D eigenvalue weighted by atomic mass is 15.0. The van der Waals surface area contributed by atoms with E-state index in [9.17, 15) is 0 Å². The molecule has 3 heterocycles. The van der Waals surface area contributed by atoms with Gasteiger partial charge in [-0.25, -0.2) is 15.0 Å². The lowest BCUT2D eigenvalue weighted by Gasteiger charge is -2.11. The third-order valence-electron chi connectivity index (χ3n) is 7.87. The molecule has 8 rings (SSSR count). The fourth-order valence-corrected chi connectivity index (χ4v) is 5.77. The predicted octanol–water partition coefficient (Wildman–Crippen LogP) is 8.57. The Morgan fingerprint density at radius 1 is 0.395 bits per heavy atom. The summed E-state index contributed by atoms with van der Waals surface area (Å²) in [6, 6.07) is 43.5. The first kappa shape index (κ1) is 24.9. The van der Waals surface area contributed by atoms with E-state index in [2.05, 4.69) is 70.6 Å². The van der Waals surface area contributed by atoms with E-state index in [1.54, 1.807) is 0 Å². The molecular weight excluding hydrogens is 526 g/mol. The summed E-state index contributed by atoms with van der Waals surface area (Å²) < 4.78 is 0. The average molecular weight is 552 g/mol. The van der Waals surface area contributed by atoms with Crippen LogP contribution < -0.4 is 0 Å². The number of fused-ring (bicyclic) bond motifs is 3. The summed E-state index contributed by atoms with van der Waals surface area (Å²) in [7, 11) is 0. The normalized spacial score (nSPS) is 11.6. The molecule has 0 radical (unpaired) electrons. The molecule has 0 unspecified atom stereocenters. The molecule has 3 aromatic heterocycles. The van der Waals surface area contributed by atoms with Crippen molar-refractivity contribution in [2.24, 2.45) is 0 Å². The van der Waals surface area contributed by atoms with Gasteiger partial charge in [0.15, 0.2) is 17.5 Å². The van der Waals surface area contributed by atoms with Crippen LogP contribution >= 0.6 is 0 Å². The zero-order chi connectivity index (χ0) is 28.6. The fourth-order valence-electron chi connectivity index (χ4n) is 5.77. The molecule has 0 N–H and O–H groups in total. The Hall–Kier alpha value is -5.81. The molecule has 1 aliphatic rings. The van der Waals surface area contributed by atoms with Crippen molar-refractivity contribution in [3.63, 3.8) is 0 Å². The maximum atomic E-state index is 4.92. The van der Waals surface area contributed by atoms with Gasteiger partial charge in [-0.15, -0.1) is 0 Å². The Labute approximate surface area is 249 Å². The van der Waals surface area contributed by atoms with E-state index < -0.39 is 0 Å². The van der Waals surface area contributed by atoms with Crippen LogP contribution in [0.15, 0.2) is 140 Å². The minimum Gasteiger partial charge on any atom is -0.254 e. The number of pyridine rings is 2. The molecule has 43 heavy (non-hydrogen) atoms. The van der Waals surface area contributed by atoms with Gasteiger partial charge in [-0.2, -0.15) is 0 Å². The van der Waals surface area contributed by atoms with Gasteiger partial charge in [0.1, 0.15) is 0 Å². The van der Waals surface area contributed by atoms with Crippen molar-refractivity contribution in [1.82, 2.24) is 24.9 Å². The quantitative estimate of drug-likeness (QED) is 0.214. The second-order valence-corrected chi connectivity index (χ2v) is 10.6. The summed E-state index contributed by atoms with van der Waals surface area (Å²) in [6.07, 6.45) is 4.57. The first-order chi connectivity index (χ1) is 21.3. The molecular formula is C38H25N5. The van der Waals surface area contributed by atoms with Crippen LogP contribution in [0.2, 0.25) is 0 Å². The molecule has 0 spiro atoms. The summed E-state index contributed by atoms with van der Waals surface area (Å²) in [5.41, 5.74) is 11.8. The zero-order valence-corrected chi connectivity index (χ0v) is 23.2. The van der Waals surface area contributed by atoms with Crippen molar-refractivity contribution in [3.8, 4) is 67.8 Å². The smallest absolute Gasteiger partial charge is 0.164 e. The topological polar surface area (TPSA) is 64.5 Å². The van der Waals surface area contributed by atoms with Crippen LogP contribution in [0.25, 0.3) is 67.8 Å². The molecule has 0 saturated heterocycles. The van der Waals surface area contributed by atoms with Gasteiger partial charge >= 0.3 is 0 Å². The fraction of sp³-hybridized carbons (Fsp3) is 0.0263. The van der Waals surface area contributed by atoms with E-state index >= 15 is 0 Å². The van der Waals surface area contributed by atoms with Crippen LogP contribution in [0.1, 0.15) is 11.1 Å². The summed E-state index contributed by atoms with van der Waals surface area (Å²) in [5.74, 6) is 1.95. The SMILES string of the molecule is c1ccc(-c2nc(-c3ccccc3)nc(-c3cccc(-c4cccc(-c5ccnc6c5Cc5cccnc5-6)c4)c3)n2)cc1. The van der Waals surface area contributed by atoms with Crippen LogP contribution in [-0.4, -0.2) is 24.9 Å². The van der Waals surface area contributed by atoms with Crippen molar-refractivity contribution in [3.05, 3.63) is 151 Å². The highest BCUT2D eigenvalue weighted by molar-refractivity contribution is 5.83. The van der Waals surface area contributed by atoms with E-state index in [4.69, 9.17) is 15.0 Å². The van der Waals surface area contributed by atoms with Gasteiger partial charge in [0, 0.05) is 35.5 Å². The molecule has 0 atom stereocenters. The lowest BCUT2D eigenvalue weighted by molar-refractivity contribution is 1.07. The van der Waals surface area contributed by atoms with Crippen LogP contribution in [-0.2, 0) is 6.42 Å². The number of hydrogen-bond acceptors (Lipinski definition) is 5. The van der Waals surface area contributed by atoms with E-state index in [1.165, 1.54) is 16.7 Å². The molecule has 202 valence electrons. The molecule has 5 nitrogen and oxygen atoms in total. The molecule has 1 aliphatic carbocycles. The third kappa shape index (κ3) is 4.67. The largest absolute Gasteiger partial charge is 0.254 e. The van der Waals surface area contributed by atoms with Crippen molar-refractivity contribution in [1.29, 1.82) is 0 Å². The number of benzene rings is 4. The number of nitrogens with zero attached hydrogens (tertiary/aromatic N) is 5. The Balaban J connectivity index is 1.20. The molecule has 0 amide bonds. The summed E-state index contributed by atoms with van der Waals surface area (Å²) in [4.78, 5) is 24.0. The Bertz CT molecular complexity index is 2050. The van der Waals surface area contributed by atoms with Crippen LogP contribution in [0, 0.1) is 0 Å². The van der Waals surface area contributed by atoms with Gasteiger partial charge in [0.2, 0.25) is 0 Å². The average Bonchev–Trinajstić information content (AvgIpc) is 3.48. The van der Waals surface area contributed by atoms with Crippen molar-refractivity contribution < 1.29 is 0 Å². The molecule has 0 saturated carbocycles. The van der Waals surface area contributed by atoms with Crippen molar-refractivity contribution in [2.75, 3.05) is 0 Å². The molecule has 0 fully saturated rings. The van der Waals surface area contributed by atoms with E-state index in [0.717, 1.165) is 51.2 Å². The molecule has 7 aromatic rings. The first-order valence-electron chi connectivity index (χ1n) is 14.3. The predicted molar refractivity (Wildman–Crippen MR) is 171 cm³/mol. The molecule has 0 bridgehead atoms. The van der Waals surface area contributed by atoms with Crippen molar-refractivity contribution >= 4 is 0 Å². The highest BCUT2D eigenvalue weighted by Gasteiger charge is 2.24. The molecule has 4 aromatic carbocycles. The maximum absolute atomic E-state index is 4.92. The highest BCUT2D eigenvalue weighted by Crippen LogP contribution is 2.39. The van der Waals surface area contributed by atoms with Crippen LogP contribution in [0.4, 0.5) is 0 Å². The van der Waals surface area contributed by atoms with Gasteiger partial charge in [0.05, 0.1) is 11.4 Å². The lowest BCUT2D eigenvalue weighted by atomic mass is 9.95. The first-order valence-corrected chi connectivity index (χ1v) is 14.3. The van der Waals surface area contributed by atoms with Gasteiger partial charge in [-0.3, -0.25) is 9.97 Å². The Morgan fingerprint density at radius 3 is 1.60 bits per heavy atom. The van der Waals surface area contributed by atoms with Gasteiger partial charge in [0.25, 0.3) is 0 Å². The van der Waals surface area contributed by atoms with Gasteiger partial charge < -0.3 is 0 Å². The number of aromatic nitrogens is 5. The van der Waals surface area contributed by atoms with Gasteiger partial charge in [-0.05, 0) is 57.6 Å².